The summed E-state index contributed by atoms with van der Waals surface area (Å²) in [4.78, 5) is 0. The van der Waals surface area contributed by atoms with Gasteiger partial charge in [0.05, 0.1) is 11.2 Å². The fraction of sp³-hybridized carbons (Fsp3) is 0.412. The van der Waals surface area contributed by atoms with E-state index in [1.807, 2.05) is 18.2 Å². The van der Waals surface area contributed by atoms with E-state index in [1.54, 1.807) is 0 Å². The Morgan fingerprint density at radius 2 is 1.76 bits per heavy atom. The Morgan fingerprint density at radius 1 is 1.19 bits per heavy atom. The molecule has 1 heterocycles. The third kappa shape index (κ3) is 3.45. The molecule has 0 bridgehead atoms. The van der Waals surface area contributed by atoms with Gasteiger partial charge in [0.1, 0.15) is 0 Å². The van der Waals surface area contributed by atoms with Crippen molar-refractivity contribution in [3.8, 4) is 0 Å². The minimum Gasteiger partial charge on any atom is -0.400 e. The van der Waals surface area contributed by atoms with Gasteiger partial charge in [-0.25, -0.2) is 0 Å². The summed E-state index contributed by atoms with van der Waals surface area (Å²) in [6.07, 6.45) is 3.93. The molecule has 0 N–H and O–H groups in total. The van der Waals surface area contributed by atoms with Gasteiger partial charge in [-0.3, -0.25) is 0 Å². The Balaban J connectivity index is 2.28. The first-order chi connectivity index (χ1) is 9.79. The molecule has 1 aromatic rings. The smallest absolute Gasteiger partial charge is 0.400 e. The summed E-state index contributed by atoms with van der Waals surface area (Å²) in [7, 11) is -0.347. The summed E-state index contributed by atoms with van der Waals surface area (Å²) >= 11 is 4.43. The Bertz CT molecular complexity index is 548. The summed E-state index contributed by atoms with van der Waals surface area (Å²) in [5.41, 5.74) is 2.56. The molecule has 1 fully saturated rings. The van der Waals surface area contributed by atoms with Gasteiger partial charge in [0.2, 0.25) is 0 Å². The minimum atomic E-state index is -0.347. The zero-order valence-electron chi connectivity index (χ0n) is 13.2. The van der Waals surface area contributed by atoms with E-state index in [2.05, 4.69) is 65.1 Å². The fourth-order valence-corrected chi connectivity index (χ4v) is 2.41. The Hall–Kier alpha value is -0.965. The lowest BCUT2D eigenvalue weighted by Crippen LogP contribution is -2.41. The minimum absolute atomic E-state index is 0.331. The summed E-state index contributed by atoms with van der Waals surface area (Å²) in [6, 6.07) is 8.19. The molecule has 112 valence electrons. The molecule has 21 heavy (non-hydrogen) atoms. The number of hydrogen-bond acceptors (Lipinski definition) is 3. The predicted octanol–water partition coefficient (Wildman–Crippen LogP) is 4.27. The van der Waals surface area contributed by atoms with Crippen LogP contribution in [0.15, 0.2) is 36.3 Å². The highest BCUT2D eigenvalue weighted by Crippen LogP contribution is 2.39. The average molecular weight is 302 g/mol. The van der Waals surface area contributed by atoms with Crippen LogP contribution in [0.3, 0.4) is 0 Å². The van der Waals surface area contributed by atoms with Crippen molar-refractivity contribution in [2.24, 2.45) is 0 Å². The molecule has 1 aromatic carbocycles. The fourth-order valence-electron chi connectivity index (χ4n) is 2.17. The van der Waals surface area contributed by atoms with Gasteiger partial charge in [-0.05, 0) is 50.4 Å². The van der Waals surface area contributed by atoms with Gasteiger partial charge in [0.25, 0.3) is 0 Å². The summed E-state index contributed by atoms with van der Waals surface area (Å²) in [6.45, 7) is 12.0. The maximum Gasteiger partial charge on any atom is 0.491 e. The van der Waals surface area contributed by atoms with Crippen molar-refractivity contribution in [2.75, 3.05) is 5.75 Å². The highest BCUT2D eigenvalue weighted by Gasteiger charge is 2.52. The van der Waals surface area contributed by atoms with Crippen LogP contribution in [0.25, 0.3) is 12.2 Å². The monoisotopic (exact) mass is 302 g/mol. The van der Waals surface area contributed by atoms with Gasteiger partial charge < -0.3 is 9.31 Å². The molecule has 0 aromatic heterocycles. The number of rotatable bonds is 4. The zero-order valence-corrected chi connectivity index (χ0v) is 14.1. The molecule has 4 heteroatoms. The van der Waals surface area contributed by atoms with Gasteiger partial charge in [-0.15, -0.1) is 0 Å². The standard InChI is InChI=1S/C17H23BO2S/c1-6-13-8-7-9-14(10-13)11-15(12-21)18-19-16(2,3)17(4,5)20-18/h6-11,21H,1,12H2,2-5H3. The highest BCUT2D eigenvalue weighted by atomic mass is 32.1. The van der Waals surface area contributed by atoms with E-state index < -0.39 is 0 Å². The van der Waals surface area contributed by atoms with Crippen LogP contribution < -0.4 is 0 Å². The third-order valence-corrected chi connectivity index (χ3v) is 4.60. The molecular formula is C17H23BO2S. The molecule has 0 aliphatic carbocycles. The van der Waals surface area contributed by atoms with Crippen LogP contribution in [0, 0.1) is 0 Å². The van der Waals surface area contributed by atoms with Crippen molar-refractivity contribution in [1.82, 2.24) is 0 Å². The van der Waals surface area contributed by atoms with E-state index >= 15 is 0 Å². The van der Waals surface area contributed by atoms with Crippen LogP contribution in [0.4, 0.5) is 0 Å². The maximum absolute atomic E-state index is 6.09. The van der Waals surface area contributed by atoms with Crippen molar-refractivity contribution in [3.05, 3.63) is 47.4 Å². The molecule has 0 saturated carbocycles. The second-order valence-electron chi connectivity index (χ2n) is 6.34. The lowest BCUT2D eigenvalue weighted by Gasteiger charge is -2.32. The van der Waals surface area contributed by atoms with Crippen LogP contribution >= 0.6 is 12.6 Å². The Kier molecular flexibility index (Phi) is 4.71. The van der Waals surface area contributed by atoms with E-state index in [-0.39, 0.29) is 18.3 Å². The van der Waals surface area contributed by atoms with Crippen LogP contribution in [-0.2, 0) is 9.31 Å². The topological polar surface area (TPSA) is 18.5 Å². The summed E-state index contributed by atoms with van der Waals surface area (Å²) in [5.74, 6) is 0.592. The maximum atomic E-state index is 6.09. The van der Waals surface area contributed by atoms with Crippen molar-refractivity contribution in [2.45, 2.75) is 38.9 Å². The van der Waals surface area contributed by atoms with E-state index in [0.29, 0.717) is 5.75 Å². The van der Waals surface area contributed by atoms with E-state index in [1.165, 1.54) is 0 Å². The second kappa shape index (κ2) is 6.03. The molecule has 0 spiro atoms. The molecule has 2 nitrogen and oxygen atoms in total. The molecule has 0 amide bonds. The quantitative estimate of drug-likeness (QED) is 0.661. The van der Waals surface area contributed by atoms with Crippen LogP contribution in [0.1, 0.15) is 38.8 Å². The SMILES string of the molecule is C=Cc1cccc(C=C(CS)B2OC(C)(C)C(C)(C)O2)c1. The molecule has 1 saturated heterocycles. The van der Waals surface area contributed by atoms with Crippen molar-refractivity contribution < 1.29 is 9.31 Å². The van der Waals surface area contributed by atoms with E-state index in [9.17, 15) is 0 Å². The molecular weight excluding hydrogens is 279 g/mol. The Labute approximate surface area is 133 Å². The van der Waals surface area contributed by atoms with Crippen LogP contribution in [0.2, 0.25) is 0 Å². The molecule has 0 atom stereocenters. The summed E-state index contributed by atoms with van der Waals surface area (Å²) < 4.78 is 12.2. The van der Waals surface area contributed by atoms with Crippen molar-refractivity contribution in [1.29, 1.82) is 0 Å². The number of thiol groups is 1. The molecule has 0 unspecified atom stereocenters. The highest BCUT2D eigenvalue weighted by molar-refractivity contribution is 7.80. The normalized spacial score (nSPS) is 20.6. The van der Waals surface area contributed by atoms with Gasteiger partial charge in [-0.2, -0.15) is 12.6 Å². The Morgan fingerprint density at radius 3 is 2.29 bits per heavy atom. The first-order valence-corrected chi connectivity index (χ1v) is 7.82. The van der Waals surface area contributed by atoms with Gasteiger partial charge in [0.15, 0.2) is 0 Å². The van der Waals surface area contributed by atoms with E-state index in [0.717, 1.165) is 16.6 Å². The average Bonchev–Trinajstić information content (AvgIpc) is 2.65. The summed E-state index contributed by atoms with van der Waals surface area (Å²) in [5, 5.41) is 0. The van der Waals surface area contributed by atoms with Crippen LogP contribution in [-0.4, -0.2) is 24.1 Å². The predicted molar refractivity (Wildman–Crippen MR) is 94.4 cm³/mol. The number of hydrogen-bond donors (Lipinski definition) is 1. The molecule has 0 radical (unpaired) electrons. The van der Waals surface area contributed by atoms with Gasteiger partial charge in [-0.1, -0.05) is 36.9 Å². The zero-order chi connectivity index (χ0) is 15.7. The molecule has 1 aliphatic heterocycles. The van der Waals surface area contributed by atoms with Crippen LogP contribution in [0.5, 0.6) is 0 Å². The number of benzene rings is 1. The van der Waals surface area contributed by atoms with Gasteiger partial charge in [0, 0.05) is 5.75 Å². The third-order valence-electron chi connectivity index (χ3n) is 4.24. The first-order valence-electron chi connectivity index (χ1n) is 7.18. The largest absolute Gasteiger partial charge is 0.491 e. The van der Waals surface area contributed by atoms with Gasteiger partial charge >= 0.3 is 7.12 Å². The van der Waals surface area contributed by atoms with Crippen molar-refractivity contribution in [3.63, 3.8) is 0 Å². The first kappa shape index (κ1) is 16.4. The molecule has 2 rings (SSSR count). The van der Waals surface area contributed by atoms with E-state index in [4.69, 9.17) is 9.31 Å². The second-order valence-corrected chi connectivity index (χ2v) is 6.66. The molecule has 1 aliphatic rings. The lowest BCUT2D eigenvalue weighted by atomic mass is 9.78. The lowest BCUT2D eigenvalue weighted by molar-refractivity contribution is 0.00578. The van der Waals surface area contributed by atoms with Crippen molar-refractivity contribution >= 4 is 31.9 Å².